The van der Waals surface area contributed by atoms with Crippen LogP contribution in [0, 0.1) is 0 Å². The number of ether oxygens (including phenoxy) is 1. The summed E-state index contributed by atoms with van der Waals surface area (Å²) in [6, 6.07) is 1.53. The first-order chi connectivity index (χ1) is 9.82. The Hall–Kier alpha value is -0.810. The van der Waals surface area contributed by atoms with E-state index in [9.17, 15) is 4.79 Å². The average molecular weight is 297 g/mol. The monoisotopic (exact) mass is 297 g/mol. The molecule has 21 heavy (non-hydrogen) atoms. The number of hydrogen-bond acceptors (Lipinski definition) is 4. The zero-order valence-corrected chi connectivity index (χ0v) is 13.9. The third kappa shape index (κ3) is 5.83. The maximum Gasteiger partial charge on any atom is 0.407 e. The molecule has 1 aliphatic carbocycles. The highest BCUT2D eigenvalue weighted by Gasteiger charge is 2.27. The minimum atomic E-state index is -0.419. The van der Waals surface area contributed by atoms with E-state index in [0.717, 1.165) is 32.2 Å². The van der Waals surface area contributed by atoms with Crippen LogP contribution in [0.5, 0.6) is 0 Å². The summed E-state index contributed by atoms with van der Waals surface area (Å²) in [6.45, 7) is 8.05. The molecule has 0 aromatic rings. The Morgan fingerprint density at radius 2 is 1.67 bits per heavy atom. The lowest BCUT2D eigenvalue weighted by molar-refractivity contribution is 0.0489. The fourth-order valence-electron chi connectivity index (χ4n) is 3.28. The van der Waals surface area contributed by atoms with Gasteiger partial charge in [0.15, 0.2) is 0 Å². The Kier molecular flexibility index (Phi) is 5.49. The second-order valence-corrected chi connectivity index (χ2v) is 7.61. The molecule has 5 nitrogen and oxygen atoms in total. The molecule has 2 aliphatic rings. The number of hydrogen-bond donors (Lipinski definition) is 2. The van der Waals surface area contributed by atoms with Crippen LogP contribution in [0.3, 0.4) is 0 Å². The van der Waals surface area contributed by atoms with Crippen molar-refractivity contribution in [1.82, 2.24) is 15.5 Å². The van der Waals surface area contributed by atoms with Gasteiger partial charge in [-0.15, -0.1) is 0 Å². The van der Waals surface area contributed by atoms with Gasteiger partial charge in [-0.3, -0.25) is 0 Å². The molecule has 5 heteroatoms. The molecule has 1 saturated heterocycles. The van der Waals surface area contributed by atoms with Crippen molar-refractivity contribution in [2.75, 3.05) is 20.1 Å². The van der Waals surface area contributed by atoms with Crippen LogP contribution in [-0.4, -0.2) is 54.9 Å². The highest BCUT2D eigenvalue weighted by Crippen LogP contribution is 2.21. The third-order valence-electron chi connectivity index (χ3n) is 4.31. The van der Waals surface area contributed by atoms with Gasteiger partial charge in [0.1, 0.15) is 5.60 Å². The van der Waals surface area contributed by atoms with Gasteiger partial charge in [-0.05, 0) is 66.5 Å². The summed E-state index contributed by atoms with van der Waals surface area (Å²) in [5.74, 6) is 0. The molecular weight excluding hydrogens is 266 g/mol. The second-order valence-electron chi connectivity index (χ2n) is 7.61. The van der Waals surface area contributed by atoms with Crippen LogP contribution in [0.1, 0.15) is 52.9 Å². The Labute approximate surface area is 128 Å². The van der Waals surface area contributed by atoms with Crippen LogP contribution < -0.4 is 10.6 Å². The topological polar surface area (TPSA) is 53.6 Å². The summed E-state index contributed by atoms with van der Waals surface area (Å²) in [7, 11) is 2.18. The minimum Gasteiger partial charge on any atom is -0.444 e. The van der Waals surface area contributed by atoms with E-state index in [1.54, 1.807) is 0 Å². The molecule has 0 radical (unpaired) electrons. The van der Waals surface area contributed by atoms with E-state index >= 15 is 0 Å². The van der Waals surface area contributed by atoms with Crippen LogP contribution in [0.15, 0.2) is 0 Å². The van der Waals surface area contributed by atoms with E-state index in [0.29, 0.717) is 12.1 Å². The molecule has 0 spiro atoms. The standard InChI is InChI=1S/C16H31N3O2/c1-16(2,3)21-15(20)18-13-7-5-12(6-8-13)17-14-9-10-19(4)11-14/h12-14,17H,5-11H2,1-4H3,(H,18,20). The highest BCUT2D eigenvalue weighted by atomic mass is 16.6. The fraction of sp³-hybridized carbons (Fsp3) is 0.938. The van der Waals surface area contributed by atoms with Gasteiger partial charge in [0, 0.05) is 24.7 Å². The van der Waals surface area contributed by atoms with E-state index in [4.69, 9.17) is 4.74 Å². The first-order valence-electron chi connectivity index (χ1n) is 8.26. The van der Waals surface area contributed by atoms with Crippen LogP contribution in [0.25, 0.3) is 0 Å². The van der Waals surface area contributed by atoms with Crippen molar-refractivity contribution in [2.45, 2.75) is 76.6 Å². The number of carbonyl (C=O) groups excluding carboxylic acids is 1. The third-order valence-corrected chi connectivity index (χ3v) is 4.31. The maximum atomic E-state index is 11.8. The summed E-state index contributed by atoms with van der Waals surface area (Å²) < 4.78 is 5.32. The summed E-state index contributed by atoms with van der Waals surface area (Å²) in [5, 5.41) is 6.77. The predicted octanol–water partition coefficient (Wildman–Crippen LogP) is 2.12. The lowest BCUT2D eigenvalue weighted by Crippen LogP contribution is -2.46. The highest BCUT2D eigenvalue weighted by molar-refractivity contribution is 5.68. The number of alkyl carbamates (subject to hydrolysis) is 1. The summed E-state index contributed by atoms with van der Waals surface area (Å²) >= 11 is 0. The molecule has 1 aliphatic heterocycles. The molecule has 1 saturated carbocycles. The van der Waals surface area contributed by atoms with Crippen molar-refractivity contribution in [3.63, 3.8) is 0 Å². The van der Waals surface area contributed by atoms with Crippen molar-refractivity contribution in [3.05, 3.63) is 0 Å². The normalized spacial score (nSPS) is 31.1. The number of amides is 1. The molecule has 2 fully saturated rings. The molecule has 0 aromatic carbocycles. The molecular formula is C16H31N3O2. The van der Waals surface area contributed by atoms with Gasteiger partial charge < -0.3 is 20.3 Å². The molecule has 1 unspecified atom stereocenters. The number of carbonyl (C=O) groups is 1. The van der Waals surface area contributed by atoms with Gasteiger partial charge in [0.25, 0.3) is 0 Å². The number of likely N-dealkylation sites (N-methyl/N-ethyl adjacent to an activating group) is 1. The second kappa shape index (κ2) is 6.97. The average Bonchev–Trinajstić information content (AvgIpc) is 2.75. The zero-order chi connectivity index (χ0) is 15.5. The van der Waals surface area contributed by atoms with Gasteiger partial charge in [0.05, 0.1) is 0 Å². The minimum absolute atomic E-state index is 0.268. The Balaban J connectivity index is 1.65. The molecule has 1 heterocycles. The molecule has 2 rings (SSSR count). The van der Waals surface area contributed by atoms with Crippen molar-refractivity contribution in [1.29, 1.82) is 0 Å². The van der Waals surface area contributed by atoms with E-state index in [1.807, 2.05) is 20.8 Å². The first-order valence-corrected chi connectivity index (χ1v) is 8.26. The number of likely N-dealkylation sites (tertiary alicyclic amines) is 1. The Bertz CT molecular complexity index is 346. The number of rotatable bonds is 3. The van der Waals surface area contributed by atoms with Gasteiger partial charge in [-0.25, -0.2) is 4.79 Å². The maximum absolute atomic E-state index is 11.8. The van der Waals surface area contributed by atoms with E-state index < -0.39 is 5.60 Å². The van der Waals surface area contributed by atoms with Crippen molar-refractivity contribution >= 4 is 6.09 Å². The molecule has 0 bridgehead atoms. The SMILES string of the molecule is CN1CCC(NC2CCC(NC(=O)OC(C)(C)C)CC2)C1. The van der Waals surface area contributed by atoms with Crippen molar-refractivity contribution in [2.24, 2.45) is 0 Å². The van der Waals surface area contributed by atoms with Gasteiger partial charge in [-0.1, -0.05) is 0 Å². The van der Waals surface area contributed by atoms with E-state index in [-0.39, 0.29) is 12.1 Å². The lowest BCUT2D eigenvalue weighted by Gasteiger charge is -2.32. The van der Waals surface area contributed by atoms with Gasteiger partial charge in [0.2, 0.25) is 0 Å². The largest absolute Gasteiger partial charge is 0.444 e. The number of nitrogens with zero attached hydrogens (tertiary/aromatic N) is 1. The van der Waals surface area contributed by atoms with Crippen molar-refractivity contribution < 1.29 is 9.53 Å². The summed E-state index contributed by atoms with van der Waals surface area (Å²) in [5.41, 5.74) is -0.419. The molecule has 2 N–H and O–H groups in total. The lowest BCUT2D eigenvalue weighted by atomic mass is 9.90. The predicted molar refractivity (Wildman–Crippen MR) is 84.5 cm³/mol. The molecule has 1 atom stereocenters. The molecule has 1 amide bonds. The molecule has 122 valence electrons. The number of nitrogens with one attached hydrogen (secondary N) is 2. The van der Waals surface area contributed by atoms with Gasteiger partial charge >= 0.3 is 6.09 Å². The Morgan fingerprint density at radius 1 is 1.05 bits per heavy atom. The first kappa shape index (κ1) is 16.6. The van der Waals surface area contributed by atoms with E-state index in [2.05, 4.69) is 22.6 Å². The van der Waals surface area contributed by atoms with Gasteiger partial charge in [-0.2, -0.15) is 0 Å². The quantitative estimate of drug-likeness (QED) is 0.838. The zero-order valence-electron chi connectivity index (χ0n) is 13.9. The van der Waals surface area contributed by atoms with E-state index in [1.165, 1.54) is 13.0 Å². The summed E-state index contributed by atoms with van der Waals surface area (Å²) in [6.07, 6.45) is 5.34. The smallest absolute Gasteiger partial charge is 0.407 e. The fourth-order valence-corrected chi connectivity index (χ4v) is 3.28. The molecule has 0 aromatic heterocycles. The van der Waals surface area contributed by atoms with Crippen LogP contribution >= 0.6 is 0 Å². The van der Waals surface area contributed by atoms with Crippen LogP contribution in [0.4, 0.5) is 4.79 Å². The van der Waals surface area contributed by atoms with Crippen LogP contribution in [0.2, 0.25) is 0 Å². The Morgan fingerprint density at radius 3 is 2.19 bits per heavy atom. The van der Waals surface area contributed by atoms with Crippen LogP contribution in [-0.2, 0) is 4.74 Å². The summed E-state index contributed by atoms with van der Waals surface area (Å²) in [4.78, 5) is 14.2. The van der Waals surface area contributed by atoms with Crippen molar-refractivity contribution in [3.8, 4) is 0 Å².